The van der Waals surface area contributed by atoms with Crippen LogP contribution in [0.2, 0.25) is 5.02 Å². The van der Waals surface area contributed by atoms with Crippen LogP contribution in [0.15, 0.2) is 53.7 Å². The van der Waals surface area contributed by atoms with E-state index in [0.29, 0.717) is 28.0 Å². The number of ether oxygens (including phenoxy) is 1. The van der Waals surface area contributed by atoms with Gasteiger partial charge in [-0.05, 0) is 30.7 Å². The summed E-state index contributed by atoms with van der Waals surface area (Å²) in [6.45, 7) is 1.83. The largest absolute Gasteiger partial charge is 0.495 e. The van der Waals surface area contributed by atoms with Crippen LogP contribution in [0, 0.1) is 0 Å². The van der Waals surface area contributed by atoms with Crippen molar-refractivity contribution in [3.63, 3.8) is 0 Å². The highest BCUT2D eigenvalue weighted by Crippen LogP contribution is 2.28. The summed E-state index contributed by atoms with van der Waals surface area (Å²) in [5, 5.41) is 12.2. The molecule has 3 rings (SSSR count). The Morgan fingerprint density at radius 2 is 2.00 bits per heavy atom. The highest BCUT2D eigenvalue weighted by atomic mass is 35.5. The first kappa shape index (κ1) is 20.2. The van der Waals surface area contributed by atoms with E-state index >= 15 is 0 Å². The lowest BCUT2D eigenvalue weighted by molar-refractivity contribution is -0.115. The van der Waals surface area contributed by atoms with E-state index in [1.54, 1.807) is 25.3 Å². The fourth-order valence-electron chi connectivity index (χ4n) is 2.58. The van der Waals surface area contributed by atoms with Crippen molar-refractivity contribution in [1.29, 1.82) is 0 Å². The number of benzene rings is 2. The number of hydrogen-bond donors (Lipinski definition) is 1. The molecule has 0 aliphatic heterocycles. The summed E-state index contributed by atoms with van der Waals surface area (Å²) < 4.78 is 7.05. The first-order valence-electron chi connectivity index (χ1n) is 8.71. The zero-order valence-electron chi connectivity index (χ0n) is 15.8. The number of carbonyl (C=O) groups is 1. The van der Waals surface area contributed by atoms with Crippen LogP contribution in [0.4, 0.5) is 5.69 Å². The normalized spacial score (nSPS) is 11.9. The average Bonchev–Trinajstić information content (AvgIpc) is 3.02. The molecule has 0 aliphatic carbocycles. The van der Waals surface area contributed by atoms with Gasteiger partial charge in [-0.15, -0.1) is 10.2 Å². The molecule has 146 valence electrons. The van der Waals surface area contributed by atoms with Gasteiger partial charge in [-0.3, -0.25) is 4.79 Å². The van der Waals surface area contributed by atoms with E-state index in [0.717, 1.165) is 11.4 Å². The molecule has 0 bridgehead atoms. The Labute approximate surface area is 173 Å². The highest BCUT2D eigenvalue weighted by Gasteiger charge is 2.19. The highest BCUT2D eigenvalue weighted by molar-refractivity contribution is 8.00. The van der Waals surface area contributed by atoms with Gasteiger partial charge in [-0.2, -0.15) is 0 Å². The van der Waals surface area contributed by atoms with Crippen molar-refractivity contribution >= 4 is 35.0 Å². The Morgan fingerprint density at radius 3 is 2.68 bits per heavy atom. The van der Waals surface area contributed by atoms with Crippen LogP contribution in [0.5, 0.6) is 5.75 Å². The summed E-state index contributed by atoms with van der Waals surface area (Å²) in [5.41, 5.74) is 1.78. The van der Waals surface area contributed by atoms with Gasteiger partial charge in [0.25, 0.3) is 0 Å². The standard InChI is InChI=1S/C20H21ClN4O2S/c1-13(19(26)22-15-9-10-17(27-3)16(21)12-15)28-20-24-23-18(25(20)2)11-14-7-5-4-6-8-14/h4-10,12-13H,11H2,1-3H3,(H,22,26)/t13-/m0/s1. The van der Waals surface area contributed by atoms with Gasteiger partial charge in [0.2, 0.25) is 5.91 Å². The lowest BCUT2D eigenvalue weighted by atomic mass is 10.1. The Hall–Kier alpha value is -2.51. The Kier molecular flexibility index (Phi) is 6.59. The molecule has 0 fully saturated rings. The van der Waals surface area contributed by atoms with Crippen molar-refractivity contribution in [3.05, 3.63) is 64.9 Å². The van der Waals surface area contributed by atoms with E-state index in [9.17, 15) is 4.79 Å². The van der Waals surface area contributed by atoms with E-state index in [2.05, 4.69) is 27.6 Å². The van der Waals surface area contributed by atoms with Crippen LogP contribution in [0.1, 0.15) is 18.3 Å². The van der Waals surface area contributed by atoms with Gasteiger partial charge in [-0.25, -0.2) is 0 Å². The topological polar surface area (TPSA) is 69.0 Å². The third kappa shape index (κ3) is 4.85. The number of anilines is 1. The minimum Gasteiger partial charge on any atom is -0.495 e. The molecule has 0 saturated heterocycles. The number of aromatic nitrogens is 3. The molecule has 1 heterocycles. The first-order valence-corrected chi connectivity index (χ1v) is 9.97. The quantitative estimate of drug-likeness (QED) is 0.585. The second-order valence-corrected chi connectivity index (χ2v) is 7.93. The zero-order chi connectivity index (χ0) is 20.1. The smallest absolute Gasteiger partial charge is 0.237 e. The van der Waals surface area contributed by atoms with E-state index < -0.39 is 0 Å². The number of thioether (sulfide) groups is 1. The van der Waals surface area contributed by atoms with Crippen LogP contribution in [-0.2, 0) is 18.3 Å². The molecule has 28 heavy (non-hydrogen) atoms. The fraction of sp³-hybridized carbons (Fsp3) is 0.250. The SMILES string of the molecule is COc1ccc(NC(=O)[C@H](C)Sc2nnc(Cc3ccccc3)n2C)cc1Cl. The summed E-state index contributed by atoms with van der Waals surface area (Å²) in [5.74, 6) is 1.27. The van der Waals surface area contributed by atoms with E-state index in [-0.39, 0.29) is 11.2 Å². The van der Waals surface area contributed by atoms with Crippen LogP contribution < -0.4 is 10.1 Å². The monoisotopic (exact) mass is 416 g/mol. The summed E-state index contributed by atoms with van der Waals surface area (Å²) >= 11 is 7.47. The molecular weight excluding hydrogens is 396 g/mol. The summed E-state index contributed by atoms with van der Waals surface area (Å²) in [7, 11) is 3.46. The number of methoxy groups -OCH3 is 1. The minimum atomic E-state index is -0.353. The summed E-state index contributed by atoms with van der Waals surface area (Å²) in [4.78, 5) is 12.5. The number of nitrogens with one attached hydrogen (secondary N) is 1. The lowest BCUT2D eigenvalue weighted by Gasteiger charge is -2.12. The van der Waals surface area contributed by atoms with Crippen molar-refractivity contribution in [3.8, 4) is 5.75 Å². The van der Waals surface area contributed by atoms with Crippen molar-refractivity contribution in [2.45, 2.75) is 23.8 Å². The molecule has 0 spiro atoms. The molecule has 0 aliphatic rings. The zero-order valence-corrected chi connectivity index (χ0v) is 17.4. The van der Waals surface area contributed by atoms with Crippen LogP contribution in [-0.4, -0.2) is 33.0 Å². The maximum atomic E-state index is 12.5. The predicted molar refractivity (Wildman–Crippen MR) is 112 cm³/mol. The molecule has 6 nitrogen and oxygen atoms in total. The van der Waals surface area contributed by atoms with Gasteiger partial charge >= 0.3 is 0 Å². The van der Waals surface area contributed by atoms with Crippen LogP contribution >= 0.6 is 23.4 Å². The number of amides is 1. The molecule has 1 N–H and O–H groups in total. The molecule has 0 unspecified atom stereocenters. The van der Waals surface area contributed by atoms with Crippen molar-refractivity contribution in [2.24, 2.45) is 7.05 Å². The van der Waals surface area contributed by atoms with E-state index in [1.165, 1.54) is 11.8 Å². The molecule has 0 radical (unpaired) electrons. The molecular formula is C20H21ClN4O2S. The van der Waals surface area contributed by atoms with Crippen molar-refractivity contribution in [2.75, 3.05) is 12.4 Å². The predicted octanol–water partition coefficient (Wildman–Crippen LogP) is 4.19. The Morgan fingerprint density at radius 1 is 1.25 bits per heavy atom. The number of halogens is 1. The second-order valence-electron chi connectivity index (χ2n) is 6.22. The molecule has 8 heteroatoms. The van der Waals surface area contributed by atoms with Crippen LogP contribution in [0.25, 0.3) is 0 Å². The maximum Gasteiger partial charge on any atom is 0.237 e. The second kappa shape index (κ2) is 9.12. The Balaban J connectivity index is 1.63. The number of rotatable bonds is 7. The van der Waals surface area contributed by atoms with Crippen molar-refractivity contribution < 1.29 is 9.53 Å². The molecule has 3 aromatic rings. The third-order valence-electron chi connectivity index (χ3n) is 4.20. The van der Waals surface area contributed by atoms with Gasteiger partial charge in [0.05, 0.1) is 17.4 Å². The third-order valence-corrected chi connectivity index (χ3v) is 5.63. The lowest BCUT2D eigenvalue weighted by Crippen LogP contribution is -2.22. The Bertz CT molecular complexity index is 962. The van der Waals surface area contributed by atoms with Gasteiger partial charge in [0.15, 0.2) is 5.16 Å². The van der Waals surface area contributed by atoms with Gasteiger partial charge in [0.1, 0.15) is 11.6 Å². The fourth-order valence-corrected chi connectivity index (χ4v) is 3.67. The summed E-state index contributed by atoms with van der Waals surface area (Å²) in [6, 6.07) is 15.2. The number of carbonyl (C=O) groups excluding carboxylic acids is 1. The van der Waals surface area contributed by atoms with Gasteiger partial charge < -0.3 is 14.6 Å². The molecule has 0 saturated carbocycles. The van der Waals surface area contributed by atoms with Crippen LogP contribution in [0.3, 0.4) is 0 Å². The van der Waals surface area contributed by atoms with E-state index in [4.69, 9.17) is 16.3 Å². The van der Waals surface area contributed by atoms with Crippen molar-refractivity contribution in [1.82, 2.24) is 14.8 Å². The van der Waals surface area contributed by atoms with Gasteiger partial charge in [0, 0.05) is 19.2 Å². The number of hydrogen-bond acceptors (Lipinski definition) is 5. The minimum absolute atomic E-state index is 0.140. The van der Waals surface area contributed by atoms with E-state index in [1.807, 2.05) is 36.7 Å². The first-order chi connectivity index (χ1) is 13.5. The molecule has 1 aromatic heterocycles. The molecule has 1 amide bonds. The summed E-state index contributed by atoms with van der Waals surface area (Å²) in [6.07, 6.45) is 0.690. The van der Waals surface area contributed by atoms with Gasteiger partial charge in [-0.1, -0.05) is 53.7 Å². The molecule has 2 aromatic carbocycles. The maximum absolute atomic E-state index is 12.5. The number of nitrogens with zero attached hydrogens (tertiary/aromatic N) is 3. The average molecular weight is 417 g/mol. The molecule has 1 atom stereocenters.